The Bertz CT molecular complexity index is 493. The Kier molecular flexibility index (Phi) is 4.03. The maximum absolute atomic E-state index is 11.7. The van der Waals surface area contributed by atoms with Gasteiger partial charge in [-0.05, 0) is 44.5 Å². The summed E-state index contributed by atoms with van der Waals surface area (Å²) >= 11 is 0. The van der Waals surface area contributed by atoms with E-state index in [1.165, 1.54) is 0 Å². The van der Waals surface area contributed by atoms with Gasteiger partial charge in [-0.3, -0.25) is 4.72 Å². The lowest BCUT2D eigenvalue weighted by atomic mass is 10.2. The molecule has 0 aliphatic carbocycles. The van der Waals surface area contributed by atoms with E-state index < -0.39 is 15.3 Å². The van der Waals surface area contributed by atoms with Crippen LogP contribution in [0.25, 0.3) is 0 Å². The highest BCUT2D eigenvalue weighted by molar-refractivity contribution is 7.93. The van der Waals surface area contributed by atoms with Crippen LogP contribution >= 0.6 is 0 Å². The Labute approximate surface area is 104 Å². The van der Waals surface area contributed by atoms with Crippen LogP contribution in [0.4, 0.5) is 11.4 Å². The summed E-state index contributed by atoms with van der Waals surface area (Å²) in [5, 5.41) is -0.435. The van der Waals surface area contributed by atoms with Crippen LogP contribution in [0.1, 0.15) is 19.4 Å². The molecule has 0 aromatic heterocycles. The number of rotatable bonds is 4. The van der Waals surface area contributed by atoms with Crippen LogP contribution in [0.3, 0.4) is 0 Å². The maximum Gasteiger partial charge on any atom is 0.235 e. The molecule has 1 aromatic rings. The van der Waals surface area contributed by atoms with Crippen molar-refractivity contribution >= 4 is 21.4 Å². The van der Waals surface area contributed by atoms with E-state index in [-0.39, 0.29) is 0 Å². The molecule has 0 heterocycles. The van der Waals surface area contributed by atoms with Crippen molar-refractivity contribution in [2.24, 2.45) is 0 Å². The standard InChI is InChI=1S/C12H20N2O2S/c1-9(2)17(15,16)13-12-7-6-11(14(4)5)8-10(12)3/h6-9,13H,1-5H3. The molecule has 17 heavy (non-hydrogen) atoms. The van der Waals surface area contributed by atoms with Gasteiger partial charge in [0.25, 0.3) is 0 Å². The van der Waals surface area contributed by atoms with Crippen molar-refractivity contribution in [3.05, 3.63) is 23.8 Å². The largest absolute Gasteiger partial charge is 0.378 e. The van der Waals surface area contributed by atoms with E-state index in [0.29, 0.717) is 5.69 Å². The first kappa shape index (κ1) is 13.8. The minimum absolute atomic E-state index is 0.435. The predicted molar refractivity (Wildman–Crippen MR) is 73.2 cm³/mol. The summed E-state index contributed by atoms with van der Waals surface area (Å²) in [5.74, 6) is 0. The van der Waals surface area contributed by atoms with Gasteiger partial charge in [0.05, 0.1) is 10.9 Å². The highest BCUT2D eigenvalue weighted by Crippen LogP contribution is 2.22. The molecule has 0 spiro atoms. The van der Waals surface area contributed by atoms with Crippen LogP contribution in [0.2, 0.25) is 0 Å². The Morgan fingerprint density at radius 3 is 2.24 bits per heavy atom. The van der Waals surface area contributed by atoms with Crippen LogP contribution in [-0.4, -0.2) is 27.8 Å². The molecule has 4 nitrogen and oxygen atoms in total. The topological polar surface area (TPSA) is 49.4 Å². The van der Waals surface area contributed by atoms with Crippen LogP contribution in [-0.2, 0) is 10.0 Å². The van der Waals surface area contributed by atoms with E-state index in [9.17, 15) is 8.42 Å². The zero-order chi connectivity index (χ0) is 13.2. The van der Waals surface area contributed by atoms with Gasteiger partial charge in [-0.1, -0.05) is 0 Å². The minimum Gasteiger partial charge on any atom is -0.378 e. The Morgan fingerprint density at radius 1 is 1.24 bits per heavy atom. The zero-order valence-electron chi connectivity index (χ0n) is 11.0. The van der Waals surface area contributed by atoms with E-state index in [0.717, 1.165) is 11.3 Å². The number of nitrogens with one attached hydrogen (secondary N) is 1. The second kappa shape index (κ2) is 4.96. The monoisotopic (exact) mass is 256 g/mol. The normalized spacial score (nSPS) is 11.6. The Balaban J connectivity index is 3.02. The molecular weight excluding hydrogens is 236 g/mol. The van der Waals surface area contributed by atoms with Gasteiger partial charge >= 0.3 is 0 Å². The molecule has 0 radical (unpaired) electrons. The molecule has 0 saturated carbocycles. The summed E-state index contributed by atoms with van der Waals surface area (Å²) < 4.78 is 26.1. The van der Waals surface area contributed by atoms with Crippen molar-refractivity contribution < 1.29 is 8.42 Å². The van der Waals surface area contributed by atoms with Gasteiger partial charge in [-0.25, -0.2) is 8.42 Å². The molecule has 0 bridgehead atoms. The third-order valence-electron chi connectivity index (χ3n) is 2.60. The van der Waals surface area contributed by atoms with Crippen molar-refractivity contribution in [3.63, 3.8) is 0 Å². The lowest BCUT2D eigenvalue weighted by Gasteiger charge is -2.17. The summed E-state index contributed by atoms with van der Waals surface area (Å²) in [6.45, 7) is 5.21. The second-order valence-corrected chi connectivity index (χ2v) is 6.83. The fraction of sp³-hybridized carbons (Fsp3) is 0.500. The molecule has 1 N–H and O–H groups in total. The lowest BCUT2D eigenvalue weighted by molar-refractivity contribution is 0.592. The number of anilines is 2. The summed E-state index contributed by atoms with van der Waals surface area (Å²) in [7, 11) is 0.632. The van der Waals surface area contributed by atoms with Crippen molar-refractivity contribution in [1.82, 2.24) is 0 Å². The van der Waals surface area contributed by atoms with Crippen molar-refractivity contribution in [2.45, 2.75) is 26.0 Å². The number of aryl methyl sites for hydroxylation is 1. The van der Waals surface area contributed by atoms with E-state index in [2.05, 4.69) is 4.72 Å². The Morgan fingerprint density at radius 2 is 1.82 bits per heavy atom. The molecule has 5 heteroatoms. The van der Waals surface area contributed by atoms with Gasteiger partial charge in [-0.2, -0.15) is 0 Å². The molecular formula is C12H20N2O2S. The highest BCUT2D eigenvalue weighted by atomic mass is 32.2. The lowest BCUT2D eigenvalue weighted by Crippen LogP contribution is -2.23. The van der Waals surface area contributed by atoms with Crippen molar-refractivity contribution in [2.75, 3.05) is 23.7 Å². The smallest absolute Gasteiger partial charge is 0.235 e. The van der Waals surface area contributed by atoms with Gasteiger partial charge in [0, 0.05) is 19.8 Å². The summed E-state index contributed by atoms with van der Waals surface area (Å²) in [5.41, 5.74) is 2.61. The molecule has 0 fully saturated rings. The number of sulfonamides is 1. The molecule has 0 unspecified atom stereocenters. The summed E-state index contributed by atoms with van der Waals surface area (Å²) in [6.07, 6.45) is 0. The number of hydrogen-bond acceptors (Lipinski definition) is 3. The first-order valence-corrected chi connectivity index (χ1v) is 7.08. The second-order valence-electron chi connectivity index (χ2n) is 4.59. The van der Waals surface area contributed by atoms with Crippen molar-refractivity contribution in [3.8, 4) is 0 Å². The van der Waals surface area contributed by atoms with Gasteiger partial charge < -0.3 is 4.90 Å². The van der Waals surface area contributed by atoms with Crippen LogP contribution in [0.15, 0.2) is 18.2 Å². The minimum atomic E-state index is -3.27. The van der Waals surface area contributed by atoms with Crippen molar-refractivity contribution in [1.29, 1.82) is 0 Å². The highest BCUT2D eigenvalue weighted by Gasteiger charge is 2.16. The molecule has 96 valence electrons. The molecule has 0 aliphatic heterocycles. The zero-order valence-corrected chi connectivity index (χ0v) is 11.8. The average molecular weight is 256 g/mol. The fourth-order valence-corrected chi connectivity index (χ4v) is 2.08. The van der Waals surface area contributed by atoms with Gasteiger partial charge in [-0.15, -0.1) is 0 Å². The molecule has 0 aliphatic rings. The molecule has 1 aromatic carbocycles. The van der Waals surface area contributed by atoms with Gasteiger partial charge in [0.15, 0.2) is 0 Å². The van der Waals surface area contributed by atoms with Gasteiger partial charge in [0.2, 0.25) is 10.0 Å². The van der Waals surface area contributed by atoms with Gasteiger partial charge in [0.1, 0.15) is 0 Å². The quantitative estimate of drug-likeness (QED) is 0.898. The fourth-order valence-electron chi connectivity index (χ4n) is 1.31. The maximum atomic E-state index is 11.7. The van der Waals surface area contributed by atoms with Crippen LogP contribution in [0.5, 0.6) is 0 Å². The molecule has 0 saturated heterocycles. The third-order valence-corrected chi connectivity index (χ3v) is 4.34. The number of hydrogen-bond donors (Lipinski definition) is 1. The van der Waals surface area contributed by atoms with E-state index in [1.807, 2.05) is 38.1 Å². The molecule has 0 amide bonds. The molecule has 0 atom stereocenters. The van der Waals surface area contributed by atoms with Crippen LogP contribution in [0, 0.1) is 6.92 Å². The van der Waals surface area contributed by atoms with E-state index in [4.69, 9.17) is 0 Å². The van der Waals surface area contributed by atoms with Crippen LogP contribution < -0.4 is 9.62 Å². The number of nitrogens with zero attached hydrogens (tertiary/aromatic N) is 1. The summed E-state index contributed by atoms with van der Waals surface area (Å²) in [4.78, 5) is 1.98. The summed E-state index contributed by atoms with van der Waals surface area (Å²) in [6, 6.07) is 5.65. The third kappa shape index (κ3) is 3.36. The predicted octanol–water partition coefficient (Wildman–Crippen LogP) is 2.21. The number of benzene rings is 1. The first-order valence-electron chi connectivity index (χ1n) is 5.53. The molecule has 1 rings (SSSR count). The Hall–Kier alpha value is -1.23. The van der Waals surface area contributed by atoms with E-state index >= 15 is 0 Å². The van der Waals surface area contributed by atoms with E-state index in [1.54, 1.807) is 19.9 Å². The first-order chi connectivity index (χ1) is 7.74. The SMILES string of the molecule is Cc1cc(N(C)C)ccc1NS(=O)(=O)C(C)C. The average Bonchev–Trinajstić information content (AvgIpc) is 2.20.